The van der Waals surface area contributed by atoms with Crippen molar-refractivity contribution in [2.24, 2.45) is 0 Å². The molecule has 1 amide bonds. The number of carbonyl (C=O) groups is 1. The summed E-state index contributed by atoms with van der Waals surface area (Å²) in [6.07, 6.45) is 2.80. The Kier molecular flexibility index (Phi) is 4.53. The van der Waals surface area contributed by atoms with Crippen molar-refractivity contribution in [2.45, 2.75) is 31.6 Å². The summed E-state index contributed by atoms with van der Waals surface area (Å²) in [5.41, 5.74) is 0.520. The van der Waals surface area contributed by atoms with Gasteiger partial charge in [0.15, 0.2) is 0 Å². The first kappa shape index (κ1) is 14.0. The molecule has 0 saturated heterocycles. The predicted molar refractivity (Wildman–Crippen MR) is 73.5 cm³/mol. The second-order valence-corrected chi connectivity index (χ2v) is 5.09. The maximum Gasteiger partial charge on any atom is 0.230 e. The summed E-state index contributed by atoms with van der Waals surface area (Å²) in [4.78, 5) is 12.2. The molecule has 2 N–H and O–H groups in total. The lowest BCUT2D eigenvalue weighted by atomic mass is 9.95. The molecule has 0 radical (unpaired) electrons. The van der Waals surface area contributed by atoms with Crippen molar-refractivity contribution in [3.8, 4) is 0 Å². The number of amides is 1. The average molecular weight is 264 g/mol. The van der Waals surface area contributed by atoms with Gasteiger partial charge in [0.1, 0.15) is 5.82 Å². The molecule has 0 aromatic heterocycles. The fraction of sp³-hybridized carbons (Fsp3) is 0.533. The lowest BCUT2D eigenvalue weighted by Gasteiger charge is -2.16. The van der Waals surface area contributed by atoms with E-state index in [2.05, 4.69) is 17.6 Å². The minimum absolute atomic E-state index is 0.0670. The molecule has 1 aromatic rings. The number of nitrogens with one attached hydrogen (secondary N) is 2. The minimum atomic E-state index is -0.404. The van der Waals surface area contributed by atoms with Crippen LogP contribution in [0.5, 0.6) is 0 Å². The second-order valence-electron chi connectivity index (χ2n) is 5.09. The first-order valence-electron chi connectivity index (χ1n) is 6.94. The number of benzene rings is 1. The van der Waals surface area contributed by atoms with Crippen molar-refractivity contribution in [3.63, 3.8) is 0 Å². The molecule has 19 heavy (non-hydrogen) atoms. The van der Waals surface area contributed by atoms with Gasteiger partial charge in [0.05, 0.1) is 5.41 Å². The molecular formula is C15H21FN2O. The first-order valence-corrected chi connectivity index (χ1v) is 6.94. The summed E-state index contributed by atoms with van der Waals surface area (Å²) in [7, 11) is 0. The van der Waals surface area contributed by atoms with Crippen molar-refractivity contribution in [2.75, 3.05) is 19.6 Å². The number of carbonyl (C=O) groups excluding carboxylic acids is 1. The van der Waals surface area contributed by atoms with E-state index in [1.807, 2.05) is 0 Å². The van der Waals surface area contributed by atoms with Gasteiger partial charge in [0.25, 0.3) is 0 Å². The maximum atomic E-state index is 12.9. The van der Waals surface area contributed by atoms with Gasteiger partial charge in [0, 0.05) is 13.1 Å². The highest BCUT2D eigenvalue weighted by molar-refractivity contribution is 5.91. The van der Waals surface area contributed by atoms with Crippen LogP contribution in [0.4, 0.5) is 4.39 Å². The van der Waals surface area contributed by atoms with Crippen LogP contribution in [-0.4, -0.2) is 25.5 Å². The number of halogens is 1. The third kappa shape index (κ3) is 3.32. The summed E-state index contributed by atoms with van der Waals surface area (Å²) >= 11 is 0. The van der Waals surface area contributed by atoms with Gasteiger partial charge >= 0.3 is 0 Å². The summed E-state index contributed by atoms with van der Waals surface area (Å²) < 4.78 is 12.9. The van der Waals surface area contributed by atoms with Gasteiger partial charge in [-0.15, -0.1) is 0 Å². The largest absolute Gasteiger partial charge is 0.354 e. The molecule has 1 aliphatic carbocycles. The van der Waals surface area contributed by atoms with Gasteiger partial charge in [-0.1, -0.05) is 19.1 Å². The van der Waals surface area contributed by atoms with Crippen molar-refractivity contribution in [1.29, 1.82) is 0 Å². The van der Waals surface area contributed by atoms with Crippen molar-refractivity contribution in [3.05, 3.63) is 35.6 Å². The third-order valence-corrected chi connectivity index (χ3v) is 3.60. The second kappa shape index (κ2) is 6.15. The highest BCUT2D eigenvalue weighted by atomic mass is 19.1. The average Bonchev–Trinajstić information content (AvgIpc) is 3.21. The topological polar surface area (TPSA) is 41.1 Å². The van der Waals surface area contributed by atoms with Gasteiger partial charge in [-0.05, 0) is 43.5 Å². The van der Waals surface area contributed by atoms with E-state index >= 15 is 0 Å². The quantitative estimate of drug-likeness (QED) is 0.739. The molecule has 0 atom stereocenters. The van der Waals surface area contributed by atoms with Crippen LogP contribution in [0.1, 0.15) is 31.7 Å². The summed E-state index contributed by atoms with van der Waals surface area (Å²) in [5.74, 6) is -0.193. The van der Waals surface area contributed by atoms with Crippen LogP contribution in [0.15, 0.2) is 24.3 Å². The molecule has 0 aliphatic heterocycles. The molecule has 4 heteroatoms. The zero-order valence-electron chi connectivity index (χ0n) is 11.3. The monoisotopic (exact) mass is 264 g/mol. The Morgan fingerprint density at radius 2 is 1.89 bits per heavy atom. The lowest BCUT2D eigenvalue weighted by Crippen LogP contribution is -2.38. The number of rotatable bonds is 7. The van der Waals surface area contributed by atoms with E-state index < -0.39 is 5.41 Å². The zero-order chi connectivity index (χ0) is 13.7. The normalized spacial score (nSPS) is 16.1. The van der Waals surface area contributed by atoms with Crippen LogP contribution in [-0.2, 0) is 10.2 Å². The predicted octanol–water partition coefficient (Wildman–Crippen LogP) is 1.97. The van der Waals surface area contributed by atoms with E-state index in [9.17, 15) is 9.18 Å². The molecule has 0 spiro atoms. The molecule has 3 nitrogen and oxygen atoms in total. The van der Waals surface area contributed by atoms with Crippen molar-refractivity contribution in [1.82, 2.24) is 10.6 Å². The zero-order valence-corrected chi connectivity index (χ0v) is 11.3. The summed E-state index contributed by atoms with van der Waals surface area (Å²) in [6.45, 7) is 4.51. The molecule has 0 bridgehead atoms. The lowest BCUT2D eigenvalue weighted by molar-refractivity contribution is -0.123. The van der Waals surface area contributed by atoms with Crippen molar-refractivity contribution < 1.29 is 9.18 Å². The molecule has 0 unspecified atom stereocenters. The number of hydrogen-bond acceptors (Lipinski definition) is 2. The Labute approximate surface area is 113 Å². The molecule has 0 heterocycles. The van der Waals surface area contributed by atoms with Crippen LogP contribution in [0.3, 0.4) is 0 Å². The molecular weight excluding hydrogens is 243 g/mol. The van der Waals surface area contributed by atoms with E-state index in [0.717, 1.165) is 37.9 Å². The van der Waals surface area contributed by atoms with Crippen LogP contribution in [0.25, 0.3) is 0 Å². The van der Waals surface area contributed by atoms with Gasteiger partial charge in [-0.3, -0.25) is 4.79 Å². The molecule has 2 rings (SSSR count). The van der Waals surface area contributed by atoms with E-state index in [0.29, 0.717) is 6.54 Å². The molecule has 1 fully saturated rings. The van der Waals surface area contributed by atoms with Gasteiger partial charge in [0.2, 0.25) is 5.91 Å². The smallest absolute Gasteiger partial charge is 0.230 e. The van der Waals surface area contributed by atoms with Crippen molar-refractivity contribution >= 4 is 5.91 Å². The Morgan fingerprint density at radius 1 is 1.21 bits per heavy atom. The van der Waals surface area contributed by atoms with Gasteiger partial charge in [-0.25, -0.2) is 4.39 Å². The van der Waals surface area contributed by atoms with E-state index in [1.54, 1.807) is 12.1 Å². The highest BCUT2D eigenvalue weighted by Crippen LogP contribution is 2.48. The molecule has 104 valence electrons. The van der Waals surface area contributed by atoms with Crippen LogP contribution < -0.4 is 10.6 Å². The highest BCUT2D eigenvalue weighted by Gasteiger charge is 2.50. The molecule has 1 aromatic carbocycles. The Balaban J connectivity index is 1.86. The minimum Gasteiger partial charge on any atom is -0.354 e. The van der Waals surface area contributed by atoms with Gasteiger partial charge < -0.3 is 10.6 Å². The van der Waals surface area contributed by atoms with E-state index in [-0.39, 0.29) is 11.7 Å². The van der Waals surface area contributed by atoms with Crippen LogP contribution in [0, 0.1) is 5.82 Å². The van der Waals surface area contributed by atoms with E-state index in [1.165, 1.54) is 12.1 Å². The van der Waals surface area contributed by atoms with Gasteiger partial charge in [-0.2, -0.15) is 0 Å². The molecule has 1 saturated carbocycles. The SMILES string of the molecule is CCCNCCNC(=O)C1(c2ccc(F)cc2)CC1. The Morgan fingerprint density at radius 3 is 2.47 bits per heavy atom. The Hall–Kier alpha value is -1.42. The van der Waals surface area contributed by atoms with Crippen LogP contribution >= 0.6 is 0 Å². The fourth-order valence-corrected chi connectivity index (χ4v) is 2.28. The van der Waals surface area contributed by atoms with E-state index in [4.69, 9.17) is 0 Å². The fourth-order valence-electron chi connectivity index (χ4n) is 2.28. The Bertz CT molecular complexity index is 426. The van der Waals surface area contributed by atoms with Crippen LogP contribution in [0.2, 0.25) is 0 Å². The first-order chi connectivity index (χ1) is 9.19. The third-order valence-electron chi connectivity index (χ3n) is 3.60. The molecule has 1 aliphatic rings. The maximum absolute atomic E-state index is 12.9. The number of hydrogen-bond donors (Lipinski definition) is 2. The summed E-state index contributed by atoms with van der Waals surface area (Å²) in [5, 5.41) is 6.21. The standard InChI is InChI=1S/C15H21FN2O/c1-2-9-17-10-11-18-14(19)15(7-8-15)12-3-5-13(16)6-4-12/h3-6,17H,2,7-11H2,1H3,(H,18,19). The summed E-state index contributed by atoms with van der Waals surface area (Å²) in [6, 6.07) is 6.28.